The predicted octanol–water partition coefficient (Wildman–Crippen LogP) is 3.04. The van der Waals surface area contributed by atoms with Gasteiger partial charge in [0, 0.05) is 10.9 Å². The van der Waals surface area contributed by atoms with Gasteiger partial charge >= 0.3 is 0 Å². The fourth-order valence-electron chi connectivity index (χ4n) is 1.82. The van der Waals surface area contributed by atoms with Crippen molar-refractivity contribution in [3.8, 4) is 5.75 Å². The van der Waals surface area contributed by atoms with Gasteiger partial charge in [-0.1, -0.05) is 24.3 Å². The third-order valence-corrected chi connectivity index (χ3v) is 2.81. The molecule has 2 aromatic carbocycles. The quantitative estimate of drug-likeness (QED) is 0.835. The predicted molar refractivity (Wildman–Crippen MR) is 67.7 cm³/mol. The van der Waals surface area contributed by atoms with Crippen molar-refractivity contribution in [3.63, 3.8) is 0 Å². The van der Waals surface area contributed by atoms with Gasteiger partial charge in [-0.2, -0.15) is 0 Å². The van der Waals surface area contributed by atoms with Crippen molar-refractivity contribution in [2.75, 3.05) is 7.11 Å². The average molecular weight is 215 g/mol. The summed E-state index contributed by atoms with van der Waals surface area (Å²) in [6.45, 7) is 4.01. The minimum atomic E-state index is -0.324. The number of nitrogens with two attached hydrogens (primary N) is 1. The monoisotopic (exact) mass is 215 g/mol. The molecule has 0 aliphatic carbocycles. The SMILES string of the molecule is COc1cccc2ccc(C(C)(C)N)cc12. The van der Waals surface area contributed by atoms with Crippen molar-refractivity contribution in [1.82, 2.24) is 0 Å². The van der Waals surface area contributed by atoms with Crippen LogP contribution in [0.3, 0.4) is 0 Å². The largest absolute Gasteiger partial charge is 0.496 e. The summed E-state index contributed by atoms with van der Waals surface area (Å²) >= 11 is 0. The van der Waals surface area contributed by atoms with Gasteiger partial charge in [0.2, 0.25) is 0 Å². The van der Waals surface area contributed by atoms with E-state index in [0.717, 1.165) is 16.7 Å². The van der Waals surface area contributed by atoms with E-state index in [1.807, 2.05) is 26.0 Å². The van der Waals surface area contributed by atoms with Crippen molar-refractivity contribution in [1.29, 1.82) is 0 Å². The van der Waals surface area contributed by atoms with Crippen LogP contribution in [0.1, 0.15) is 19.4 Å². The Morgan fingerprint density at radius 2 is 1.88 bits per heavy atom. The zero-order chi connectivity index (χ0) is 11.8. The van der Waals surface area contributed by atoms with Crippen molar-refractivity contribution < 1.29 is 4.74 Å². The van der Waals surface area contributed by atoms with Crippen molar-refractivity contribution in [2.24, 2.45) is 5.73 Å². The Balaban J connectivity index is 2.68. The van der Waals surface area contributed by atoms with Crippen LogP contribution in [-0.2, 0) is 5.54 Å². The van der Waals surface area contributed by atoms with Gasteiger partial charge in [0.1, 0.15) is 5.75 Å². The lowest BCUT2D eigenvalue weighted by Crippen LogP contribution is -2.28. The molecule has 0 saturated heterocycles. The summed E-state index contributed by atoms with van der Waals surface area (Å²) in [4.78, 5) is 0. The Kier molecular flexibility index (Phi) is 2.60. The maximum absolute atomic E-state index is 6.10. The molecule has 0 saturated carbocycles. The molecule has 0 unspecified atom stereocenters. The topological polar surface area (TPSA) is 35.2 Å². The summed E-state index contributed by atoms with van der Waals surface area (Å²) in [6.07, 6.45) is 0. The number of benzene rings is 2. The highest BCUT2D eigenvalue weighted by Gasteiger charge is 2.14. The molecule has 0 aromatic heterocycles. The van der Waals surface area contributed by atoms with E-state index >= 15 is 0 Å². The standard InChI is InChI=1S/C14H17NO/c1-14(2,15)11-8-7-10-5-4-6-13(16-3)12(10)9-11/h4-9H,15H2,1-3H3. The lowest BCUT2D eigenvalue weighted by molar-refractivity contribution is 0.419. The summed E-state index contributed by atoms with van der Waals surface area (Å²) in [7, 11) is 1.69. The minimum Gasteiger partial charge on any atom is -0.496 e. The van der Waals surface area contributed by atoms with E-state index in [-0.39, 0.29) is 5.54 Å². The second kappa shape index (κ2) is 3.80. The molecule has 0 atom stereocenters. The molecule has 0 heterocycles. The Morgan fingerprint density at radius 3 is 2.50 bits per heavy atom. The molecule has 0 radical (unpaired) electrons. The Labute approximate surface area is 96.0 Å². The smallest absolute Gasteiger partial charge is 0.126 e. The van der Waals surface area contributed by atoms with Crippen LogP contribution in [0.25, 0.3) is 10.8 Å². The molecular formula is C14H17NO. The highest BCUT2D eigenvalue weighted by molar-refractivity contribution is 5.89. The Morgan fingerprint density at radius 1 is 1.12 bits per heavy atom. The van der Waals surface area contributed by atoms with E-state index in [2.05, 4.69) is 24.3 Å². The summed E-state index contributed by atoms with van der Waals surface area (Å²) in [6, 6.07) is 12.3. The number of ether oxygens (including phenoxy) is 1. The zero-order valence-corrected chi connectivity index (χ0v) is 9.95. The van der Waals surface area contributed by atoms with Gasteiger partial charge in [-0.3, -0.25) is 0 Å². The molecule has 0 spiro atoms. The van der Waals surface area contributed by atoms with E-state index < -0.39 is 0 Å². The van der Waals surface area contributed by atoms with E-state index in [1.54, 1.807) is 7.11 Å². The zero-order valence-electron chi connectivity index (χ0n) is 9.95. The molecule has 16 heavy (non-hydrogen) atoms. The van der Waals surface area contributed by atoms with Crippen LogP contribution in [0.15, 0.2) is 36.4 Å². The molecule has 2 N–H and O–H groups in total. The molecule has 0 fully saturated rings. The van der Waals surface area contributed by atoms with Gasteiger partial charge in [-0.05, 0) is 36.9 Å². The van der Waals surface area contributed by atoms with E-state index in [4.69, 9.17) is 10.5 Å². The second-order valence-electron chi connectivity index (χ2n) is 4.62. The van der Waals surface area contributed by atoms with Crippen LogP contribution < -0.4 is 10.5 Å². The van der Waals surface area contributed by atoms with Crippen LogP contribution in [0.5, 0.6) is 5.75 Å². The maximum Gasteiger partial charge on any atom is 0.126 e. The first-order chi connectivity index (χ1) is 7.52. The van der Waals surface area contributed by atoms with Crippen molar-refractivity contribution >= 4 is 10.8 Å². The molecule has 0 bridgehead atoms. The molecule has 0 amide bonds. The number of fused-ring (bicyclic) bond motifs is 1. The molecule has 2 rings (SSSR count). The van der Waals surface area contributed by atoms with Crippen LogP contribution in [0.2, 0.25) is 0 Å². The lowest BCUT2D eigenvalue weighted by atomic mass is 9.93. The number of rotatable bonds is 2. The first-order valence-corrected chi connectivity index (χ1v) is 5.38. The Hall–Kier alpha value is -1.54. The fraction of sp³-hybridized carbons (Fsp3) is 0.286. The van der Waals surface area contributed by atoms with E-state index in [9.17, 15) is 0 Å². The fourth-order valence-corrected chi connectivity index (χ4v) is 1.82. The number of hydrogen-bond donors (Lipinski definition) is 1. The summed E-state index contributed by atoms with van der Waals surface area (Å²) in [5, 5.41) is 2.29. The number of methoxy groups -OCH3 is 1. The van der Waals surface area contributed by atoms with E-state index in [1.165, 1.54) is 5.39 Å². The molecule has 0 aliphatic rings. The third kappa shape index (κ3) is 1.89. The van der Waals surface area contributed by atoms with Gasteiger partial charge < -0.3 is 10.5 Å². The van der Waals surface area contributed by atoms with E-state index in [0.29, 0.717) is 0 Å². The van der Waals surface area contributed by atoms with Gasteiger partial charge in [0.05, 0.1) is 7.11 Å². The molecule has 2 heteroatoms. The first kappa shape index (κ1) is 11.0. The van der Waals surface area contributed by atoms with Gasteiger partial charge in [-0.15, -0.1) is 0 Å². The summed E-state index contributed by atoms with van der Waals surface area (Å²) in [5.41, 5.74) is 6.89. The maximum atomic E-state index is 6.10. The molecule has 2 nitrogen and oxygen atoms in total. The molecule has 0 aliphatic heterocycles. The van der Waals surface area contributed by atoms with Crippen LogP contribution in [0.4, 0.5) is 0 Å². The first-order valence-electron chi connectivity index (χ1n) is 5.38. The second-order valence-corrected chi connectivity index (χ2v) is 4.62. The molecule has 2 aromatic rings. The average Bonchev–Trinajstić information content (AvgIpc) is 2.26. The third-order valence-electron chi connectivity index (χ3n) is 2.81. The van der Waals surface area contributed by atoms with Crippen LogP contribution >= 0.6 is 0 Å². The van der Waals surface area contributed by atoms with Crippen molar-refractivity contribution in [3.05, 3.63) is 42.0 Å². The molecule has 84 valence electrons. The minimum absolute atomic E-state index is 0.324. The highest BCUT2D eigenvalue weighted by atomic mass is 16.5. The summed E-state index contributed by atoms with van der Waals surface area (Å²) < 4.78 is 5.35. The van der Waals surface area contributed by atoms with Gasteiger partial charge in [-0.25, -0.2) is 0 Å². The normalized spacial score (nSPS) is 11.8. The number of hydrogen-bond acceptors (Lipinski definition) is 2. The lowest BCUT2D eigenvalue weighted by Gasteiger charge is -2.20. The van der Waals surface area contributed by atoms with Crippen LogP contribution in [0, 0.1) is 0 Å². The summed E-state index contributed by atoms with van der Waals surface area (Å²) in [5.74, 6) is 0.892. The Bertz CT molecular complexity index is 512. The van der Waals surface area contributed by atoms with Gasteiger partial charge in [0.25, 0.3) is 0 Å². The van der Waals surface area contributed by atoms with Gasteiger partial charge in [0.15, 0.2) is 0 Å². The molecular weight excluding hydrogens is 198 g/mol. The van der Waals surface area contributed by atoms with Crippen molar-refractivity contribution in [2.45, 2.75) is 19.4 Å². The van der Waals surface area contributed by atoms with Crippen LogP contribution in [-0.4, -0.2) is 7.11 Å². The highest BCUT2D eigenvalue weighted by Crippen LogP contribution is 2.29.